The average molecular weight is 204 g/mol. The van der Waals surface area contributed by atoms with Crippen molar-refractivity contribution < 1.29 is 4.79 Å². The number of anilines is 1. The van der Waals surface area contributed by atoms with Crippen LogP contribution < -0.4 is 5.32 Å². The molecule has 3 heteroatoms. The zero-order valence-corrected chi connectivity index (χ0v) is 8.94. The minimum absolute atomic E-state index is 0.0190. The molecule has 2 amide bonds. The van der Waals surface area contributed by atoms with Gasteiger partial charge in [0.2, 0.25) is 0 Å². The lowest BCUT2D eigenvalue weighted by Crippen LogP contribution is -2.32. The normalized spacial score (nSPS) is 20.3. The van der Waals surface area contributed by atoms with Crippen molar-refractivity contribution in [2.45, 2.75) is 13.3 Å². The highest BCUT2D eigenvalue weighted by atomic mass is 16.2. The van der Waals surface area contributed by atoms with E-state index < -0.39 is 0 Å². The maximum atomic E-state index is 11.8. The second-order valence-electron chi connectivity index (χ2n) is 4.14. The summed E-state index contributed by atoms with van der Waals surface area (Å²) < 4.78 is 0. The van der Waals surface area contributed by atoms with Crippen LogP contribution in [0.3, 0.4) is 0 Å². The van der Waals surface area contributed by atoms with Gasteiger partial charge in [-0.15, -0.1) is 0 Å². The van der Waals surface area contributed by atoms with Gasteiger partial charge in [-0.3, -0.25) is 0 Å². The summed E-state index contributed by atoms with van der Waals surface area (Å²) in [5.74, 6) is 0.631. The van der Waals surface area contributed by atoms with Crippen LogP contribution in [0, 0.1) is 5.92 Å². The molecule has 1 N–H and O–H groups in total. The molecule has 1 heterocycles. The van der Waals surface area contributed by atoms with Gasteiger partial charge in [-0.05, 0) is 24.5 Å². The number of nitrogens with zero attached hydrogens (tertiary/aromatic N) is 1. The van der Waals surface area contributed by atoms with E-state index >= 15 is 0 Å². The van der Waals surface area contributed by atoms with Crippen LogP contribution in [0.2, 0.25) is 0 Å². The second kappa shape index (κ2) is 4.34. The van der Waals surface area contributed by atoms with Gasteiger partial charge in [0, 0.05) is 18.8 Å². The fraction of sp³-hybridized carbons (Fsp3) is 0.417. The molecule has 2 rings (SSSR count). The van der Waals surface area contributed by atoms with Crippen molar-refractivity contribution in [1.29, 1.82) is 0 Å². The predicted octanol–water partition coefficient (Wildman–Crippen LogP) is 2.56. The molecule has 0 aromatic heterocycles. The van der Waals surface area contributed by atoms with Crippen molar-refractivity contribution in [3.05, 3.63) is 30.3 Å². The van der Waals surface area contributed by atoms with Crippen molar-refractivity contribution in [3.8, 4) is 0 Å². The summed E-state index contributed by atoms with van der Waals surface area (Å²) in [5.41, 5.74) is 0.863. The van der Waals surface area contributed by atoms with Crippen LogP contribution in [0.1, 0.15) is 13.3 Å². The molecular formula is C12H16N2O. The Morgan fingerprint density at radius 3 is 2.73 bits per heavy atom. The second-order valence-corrected chi connectivity index (χ2v) is 4.14. The third kappa shape index (κ3) is 2.49. The summed E-state index contributed by atoms with van der Waals surface area (Å²) in [4.78, 5) is 13.6. The van der Waals surface area contributed by atoms with Crippen LogP contribution >= 0.6 is 0 Å². The molecule has 3 nitrogen and oxygen atoms in total. The molecule has 0 bridgehead atoms. The summed E-state index contributed by atoms with van der Waals surface area (Å²) in [6, 6.07) is 9.60. The first-order valence-corrected chi connectivity index (χ1v) is 5.36. The van der Waals surface area contributed by atoms with Crippen molar-refractivity contribution in [1.82, 2.24) is 4.90 Å². The lowest BCUT2D eigenvalue weighted by atomic mass is 10.2. The van der Waals surface area contributed by atoms with Gasteiger partial charge in [-0.25, -0.2) is 4.79 Å². The van der Waals surface area contributed by atoms with E-state index in [4.69, 9.17) is 0 Å². The molecule has 0 radical (unpaired) electrons. The van der Waals surface area contributed by atoms with E-state index in [0.29, 0.717) is 5.92 Å². The van der Waals surface area contributed by atoms with E-state index in [9.17, 15) is 4.79 Å². The molecule has 1 unspecified atom stereocenters. The molecule has 1 aromatic rings. The molecule has 1 fully saturated rings. The van der Waals surface area contributed by atoms with Gasteiger partial charge in [-0.1, -0.05) is 25.1 Å². The number of hydrogen-bond donors (Lipinski definition) is 1. The number of para-hydroxylation sites is 1. The first-order chi connectivity index (χ1) is 7.25. The van der Waals surface area contributed by atoms with Crippen molar-refractivity contribution >= 4 is 11.7 Å². The summed E-state index contributed by atoms with van der Waals surface area (Å²) in [6.45, 7) is 3.92. The van der Waals surface area contributed by atoms with Crippen molar-refractivity contribution in [2.24, 2.45) is 5.92 Å². The molecule has 1 saturated heterocycles. The molecule has 1 aromatic carbocycles. The van der Waals surface area contributed by atoms with Gasteiger partial charge in [-0.2, -0.15) is 0 Å². The van der Waals surface area contributed by atoms with Crippen LogP contribution in [0.25, 0.3) is 0 Å². The Bertz CT molecular complexity index is 337. The molecule has 1 aliphatic rings. The Kier molecular flexibility index (Phi) is 2.90. The number of urea groups is 1. The van der Waals surface area contributed by atoms with Crippen molar-refractivity contribution in [2.75, 3.05) is 18.4 Å². The van der Waals surface area contributed by atoms with Gasteiger partial charge in [0.25, 0.3) is 0 Å². The Hall–Kier alpha value is -1.51. The van der Waals surface area contributed by atoms with Gasteiger partial charge in [0.05, 0.1) is 0 Å². The van der Waals surface area contributed by atoms with E-state index in [2.05, 4.69) is 12.2 Å². The highest BCUT2D eigenvalue weighted by molar-refractivity contribution is 5.89. The first kappa shape index (κ1) is 10.0. The number of likely N-dealkylation sites (tertiary alicyclic amines) is 1. The zero-order valence-electron chi connectivity index (χ0n) is 8.94. The molecule has 0 spiro atoms. The minimum atomic E-state index is 0.0190. The number of carbonyl (C=O) groups is 1. The third-order valence-corrected chi connectivity index (χ3v) is 2.74. The molecule has 0 saturated carbocycles. The fourth-order valence-electron chi connectivity index (χ4n) is 1.84. The predicted molar refractivity (Wildman–Crippen MR) is 60.8 cm³/mol. The number of carbonyl (C=O) groups excluding carboxylic acids is 1. The van der Waals surface area contributed by atoms with Crippen molar-refractivity contribution in [3.63, 3.8) is 0 Å². The summed E-state index contributed by atoms with van der Waals surface area (Å²) in [5, 5.41) is 2.89. The van der Waals surface area contributed by atoms with Crippen LogP contribution in [-0.4, -0.2) is 24.0 Å². The highest BCUT2D eigenvalue weighted by Gasteiger charge is 2.22. The molecule has 1 aliphatic heterocycles. The first-order valence-electron chi connectivity index (χ1n) is 5.36. The van der Waals surface area contributed by atoms with E-state index in [1.807, 2.05) is 35.2 Å². The number of benzene rings is 1. The van der Waals surface area contributed by atoms with Crippen LogP contribution in [0.4, 0.5) is 10.5 Å². The maximum Gasteiger partial charge on any atom is 0.321 e. The highest BCUT2D eigenvalue weighted by Crippen LogP contribution is 2.16. The Morgan fingerprint density at radius 1 is 1.40 bits per heavy atom. The largest absolute Gasteiger partial charge is 0.324 e. The van der Waals surface area contributed by atoms with Crippen LogP contribution in [-0.2, 0) is 0 Å². The van der Waals surface area contributed by atoms with Crippen LogP contribution in [0.5, 0.6) is 0 Å². The summed E-state index contributed by atoms with van der Waals surface area (Å²) in [6.07, 6.45) is 1.11. The van der Waals surface area contributed by atoms with Gasteiger partial charge in [0.15, 0.2) is 0 Å². The van der Waals surface area contributed by atoms with Gasteiger partial charge in [0.1, 0.15) is 0 Å². The minimum Gasteiger partial charge on any atom is -0.324 e. The summed E-state index contributed by atoms with van der Waals surface area (Å²) >= 11 is 0. The number of hydrogen-bond acceptors (Lipinski definition) is 1. The number of amides is 2. The van der Waals surface area contributed by atoms with E-state index in [-0.39, 0.29) is 6.03 Å². The van der Waals surface area contributed by atoms with Crippen LogP contribution in [0.15, 0.2) is 30.3 Å². The zero-order chi connectivity index (χ0) is 10.7. The van der Waals surface area contributed by atoms with E-state index in [0.717, 1.165) is 25.2 Å². The molecule has 1 atom stereocenters. The Morgan fingerprint density at radius 2 is 2.13 bits per heavy atom. The van der Waals surface area contributed by atoms with E-state index in [1.54, 1.807) is 0 Å². The molecule has 15 heavy (non-hydrogen) atoms. The third-order valence-electron chi connectivity index (χ3n) is 2.74. The Labute approximate surface area is 90.1 Å². The van der Waals surface area contributed by atoms with Gasteiger partial charge >= 0.3 is 6.03 Å². The smallest absolute Gasteiger partial charge is 0.321 e. The summed E-state index contributed by atoms with van der Waals surface area (Å²) in [7, 11) is 0. The lowest BCUT2D eigenvalue weighted by Gasteiger charge is -2.16. The average Bonchev–Trinajstić information content (AvgIpc) is 2.66. The molecule has 0 aliphatic carbocycles. The topological polar surface area (TPSA) is 32.3 Å². The monoisotopic (exact) mass is 204 g/mol. The van der Waals surface area contributed by atoms with Gasteiger partial charge < -0.3 is 10.2 Å². The molecule has 80 valence electrons. The molecular weight excluding hydrogens is 188 g/mol. The standard InChI is InChI=1S/C12H16N2O/c1-10-7-8-14(9-10)12(15)13-11-5-3-2-4-6-11/h2-6,10H,7-9H2,1H3,(H,13,15). The van der Waals surface area contributed by atoms with E-state index in [1.165, 1.54) is 0 Å². The lowest BCUT2D eigenvalue weighted by molar-refractivity contribution is 0.221. The fourth-order valence-corrected chi connectivity index (χ4v) is 1.84. The quantitative estimate of drug-likeness (QED) is 0.749. The Balaban J connectivity index is 1.93. The SMILES string of the molecule is CC1CCN(C(=O)Nc2ccccc2)C1. The number of nitrogens with one attached hydrogen (secondary N) is 1. The number of rotatable bonds is 1. The maximum absolute atomic E-state index is 11.8.